The van der Waals surface area contributed by atoms with Crippen molar-refractivity contribution in [2.24, 2.45) is 0 Å². The molecule has 0 spiro atoms. The number of piperidine rings is 1. The van der Waals surface area contributed by atoms with Crippen molar-refractivity contribution in [3.63, 3.8) is 0 Å². The number of carbonyl (C=O) groups is 1. The van der Waals surface area contributed by atoms with Crippen LogP contribution in [-0.2, 0) is 19.1 Å². The molecule has 0 saturated carbocycles. The first-order valence-corrected chi connectivity index (χ1v) is 11.6. The van der Waals surface area contributed by atoms with Crippen molar-refractivity contribution in [3.05, 3.63) is 57.0 Å². The Morgan fingerprint density at radius 2 is 1.86 bits per heavy atom. The molecule has 3 rings (SSSR count). The normalized spacial score (nSPS) is 17.1. The van der Waals surface area contributed by atoms with Gasteiger partial charge in [0.2, 0.25) is 0 Å². The lowest BCUT2D eigenvalue weighted by Crippen LogP contribution is -2.51. The molecule has 0 unspecified atom stereocenters. The number of aliphatic hydroxyl groups is 1. The number of β-amino-alcohol motifs (C(OH)–C–C–N with tert-alkyl or cyclic N) is 1. The number of hydrogen-bond acceptors (Lipinski definition) is 6. The molecule has 0 radical (unpaired) electrons. The second-order valence-electron chi connectivity index (χ2n) is 9.18. The summed E-state index contributed by atoms with van der Waals surface area (Å²) in [6.07, 6.45) is -3.03. The molecule has 1 atom stereocenters. The molecule has 2 heterocycles. The lowest BCUT2D eigenvalue weighted by Gasteiger charge is -2.39. The molecule has 1 aliphatic heterocycles. The number of amides is 1. The van der Waals surface area contributed by atoms with Crippen LogP contribution in [0.25, 0.3) is 0 Å². The molecule has 36 heavy (non-hydrogen) atoms. The predicted molar refractivity (Wildman–Crippen MR) is 124 cm³/mol. The zero-order valence-electron chi connectivity index (χ0n) is 19.5. The third kappa shape index (κ3) is 7.31. The first-order chi connectivity index (χ1) is 16.7. The molecule has 0 aliphatic carbocycles. The molecule has 2 N–H and O–H groups in total. The van der Waals surface area contributed by atoms with Gasteiger partial charge in [-0.3, -0.25) is 4.57 Å². The monoisotopic (exact) mass is 533 g/mol. The van der Waals surface area contributed by atoms with Crippen molar-refractivity contribution < 1.29 is 33.1 Å². The van der Waals surface area contributed by atoms with E-state index in [9.17, 15) is 38.3 Å². The van der Waals surface area contributed by atoms with Gasteiger partial charge >= 0.3 is 23.4 Å². The van der Waals surface area contributed by atoms with E-state index in [1.165, 1.54) is 21.6 Å². The summed E-state index contributed by atoms with van der Waals surface area (Å²) in [5, 5.41) is 31.3. The van der Waals surface area contributed by atoms with E-state index in [4.69, 9.17) is 11.6 Å². The summed E-state index contributed by atoms with van der Waals surface area (Å²) < 4.78 is 39.5. The molecule has 1 saturated heterocycles. The van der Waals surface area contributed by atoms with Gasteiger partial charge in [-0.05, 0) is 65.4 Å². The van der Waals surface area contributed by atoms with Crippen LogP contribution in [0.2, 0.25) is 5.28 Å². The summed E-state index contributed by atoms with van der Waals surface area (Å²) in [7, 11) is 0. The maximum Gasteiger partial charge on any atom is 0.416 e. The number of rotatable bonds is 9. The van der Waals surface area contributed by atoms with E-state index in [1.54, 1.807) is 6.92 Å². The Bertz CT molecular complexity index is 1070. The fraction of sp³-hybridized carbons (Fsp3) is 0.545. The number of nitro groups is 1. The van der Waals surface area contributed by atoms with Gasteiger partial charge in [-0.1, -0.05) is 12.1 Å². The first kappa shape index (κ1) is 27.7. The molecule has 1 aromatic heterocycles. The zero-order valence-corrected chi connectivity index (χ0v) is 20.2. The van der Waals surface area contributed by atoms with Crippen molar-refractivity contribution in [2.75, 3.05) is 26.2 Å². The SMILES string of the molecule is C[C@](O)(CN1CCC(N(CCc2ccc(C(F)(F)F)cc2)C(=O)O)CC1)Cn1cc([N+](=O)[O-])nc1Cl. The van der Waals surface area contributed by atoms with Crippen LogP contribution >= 0.6 is 11.6 Å². The van der Waals surface area contributed by atoms with Gasteiger partial charge in [-0.25, -0.2) is 4.79 Å². The molecule has 1 fully saturated rings. The summed E-state index contributed by atoms with van der Waals surface area (Å²) in [4.78, 5) is 29.0. The summed E-state index contributed by atoms with van der Waals surface area (Å²) in [6, 6.07) is 4.42. The molecular weight excluding hydrogens is 507 g/mol. The van der Waals surface area contributed by atoms with E-state index in [2.05, 4.69) is 4.98 Å². The smallest absolute Gasteiger partial charge is 0.416 e. The molecule has 198 valence electrons. The van der Waals surface area contributed by atoms with Gasteiger partial charge in [-0.2, -0.15) is 13.2 Å². The fourth-order valence-electron chi connectivity index (χ4n) is 4.41. The Hall–Kier alpha value is -2.90. The highest BCUT2D eigenvalue weighted by Gasteiger charge is 2.33. The Morgan fingerprint density at radius 3 is 2.36 bits per heavy atom. The number of hydrogen-bond donors (Lipinski definition) is 2. The number of halogens is 4. The Kier molecular flexibility index (Phi) is 8.47. The Balaban J connectivity index is 1.52. The van der Waals surface area contributed by atoms with Crippen molar-refractivity contribution in [1.29, 1.82) is 0 Å². The van der Waals surface area contributed by atoms with E-state index in [1.807, 2.05) is 4.90 Å². The molecule has 0 bridgehead atoms. The largest absolute Gasteiger partial charge is 0.465 e. The van der Waals surface area contributed by atoms with Gasteiger partial charge in [0.15, 0.2) is 0 Å². The van der Waals surface area contributed by atoms with Crippen molar-refractivity contribution in [2.45, 2.75) is 50.6 Å². The van der Waals surface area contributed by atoms with Gasteiger partial charge in [-0.15, -0.1) is 0 Å². The van der Waals surface area contributed by atoms with Gasteiger partial charge in [0.05, 0.1) is 17.7 Å². The fourth-order valence-corrected chi connectivity index (χ4v) is 4.61. The number of carboxylic acid groups (broad SMARTS) is 1. The van der Waals surface area contributed by atoms with E-state index in [-0.39, 0.29) is 37.4 Å². The van der Waals surface area contributed by atoms with Crippen LogP contribution in [0.5, 0.6) is 0 Å². The number of benzene rings is 1. The van der Waals surface area contributed by atoms with Crippen LogP contribution in [0.1, 0.15) is 30.9 Å². The predicted octanol–water partition coefficient (Wildman–Crippen LogP) is 3.90. The maximum absolute atomic E-state index is 12.7. The van der Waals surface area contributed by atoms with Crippen LogP contribution in [0.3, 0.4) is 0 Å². The number of aromatic nitrogens is 2. The molecule has 1 aliphatic rings. The van der Waals surface area contributed by atoms with E-state index < -0.39 is 34.2 Å². The number of nitrogens with zero attached hydrogens (tertiary/aromatic N) is 5. The minimum atomic E-state index is -4.42. The molecule has 1 aromatic carbocycles. The zero-order chi connectivity index (χ0) is 26.7. The van der Waals surface area contributed by atoms with Crippen LogP contribution < -0.4 is 0 Å². The third-order valence-electron chi connectivity index (χ3n) is 6.14. The third-order valence-corrected chi connectivity index (χ3v) is 6.45. The van der Waals surface area contributed by atoms with E-state index >= 15 is 0 Å². The van der Waals surface area contributed by atoms with Crippen molar-refractivity contribution in [3.8, 4) is 0 Å². The van der Waals surface area contributed by atoms with Gasteiger partial charge < -0.3 is 30.1 Å². The average molecular weight is 534 g/mol. The number of alkyl halides is 3. The van der Waals surface area contributed by atoms with Crippen LogP contribution in [0.15, 0.2) is 30.5 Å². The van der Waals surface area contributed by atoms with Gasteiger partial charge in [0, 0.05) is 32.2 Å². The Morgan fingerprint density at radius 1 is 1.25 bits per heavy atom. The van der Waals surface area contributed by atoms with Crippen LogP contribution in [0, 0.1) is 10.1 Å². The lowest BCUT2D eigenvalue weighted by atomic mass is 9.99. The Labute approximate surface area is 210 Å². The van der Waals surface area contributed by atoms with Crippen LogP contribution in [-0.4, -0.2) is 78.4 Å². The molecule has 2 aromatic rings. The van der Waals surface area contributed by atoms with Crippen molar-refractivity contribution in [1.82, 2.24) is 19.4 Å². The summed E-state index contributed by atoms with van der Waals surface area (Å²) in [5.41, 5.74) is -1.42. The number of likely N-dealkylation sites (tertiary alicyclic amines) is 1. The minimum absolute atomic E-state index is 0.0129. The molecule has 1 amide bonds. The highest BCUT2D eigenvalue weighted by atomic mass is 35.5. The first-order valence-electron chi connectivity index (χ1n) is 11.2. The standard InChI is InChI=1S/C22H27ClF3N5O5/c1-21(34,14-29-12-18(31(35)36)27-19(29)23)13-28-9-7-17(8-10-28)30(20(32)33)11-6-15-2-4-16(5-3-15)22(24,25)26/h2-5,12,17,34H,6-11,13-14H2,1H3,(H,32,33)/t21-/m0/s1. The summed E-state index contributed by atoms with van der Waals surface area (Å²) in [6.45, 7) is 2.99. The second-order valence-corrected chi connectivity index (χ2v) is 9.52. The molecule has 14 heteroatoms. The quantitative estimate of drug-likeness (QED) is 0.370. The number of imidazole rings is 1. The van der Waals surface area contributed by atoms with E-state index in [0.717, 1.165) is 18.3 Å². The van der Waals surface area contributed by atoms with E-state index in [0.29, 0.717) is 31.5 Å². The van der Waals surface area contributed by atoms with Gasteiger partial charge in [0.1, 0.15) is 6.20 Å². The van der Waals surface area contributed by atoms with Gasteiger partial charge in [0.25, 0.3) is 0 Å². The molecule has 10 nitrogen and oxygen atoms in total. The minimum Gasteiger partial charge on any atom is -0.465 e. The second kappa shape index (κ2) is 11.0. The average Bonchev–Trinajstić information content (AvgIpc) is 3.14. The lowest BCUT2D eigenvalue weighted by molar-refractivity contribution is -0.389. The highest BCUT2D eigenvalue weighted by Crippen LogP contribution is 2.29. The molecular formula is C22H27ClF3N5O5. The van der Waals surface area contributed by atoms with Crippen molar-refractivity contribution >= 4 is 23.5 Å². The van der Waals surface area contributed by atoms with Crippen LogP contribution in [0.4, 0.5) is 23.8 Å². The summed E-state index contributed by atoms with van der Waals surface area (Å²) in [5.74, 6) is -0.415. The highest BCUT2D eigenvalue weighted by molar-refractivity contribution is 6.28. The maximum atomic E-state index is 12.7. The summed E-state index contributed by atoms with van der Waals surface area (Å²) >= 11 is 5.93. The topological polar surface area (TPSA) is 125 Å².